The van der Waals surface area contributed by atoms with Gasteiger partial charge in [0.1, 0.15) is 0 Å². The van der Waals surface area contributed by atoms with Crippen LogP contribution in [0.2, 0.25) is 0 Å². The first-order valence-corrected chi connectivity index (χ1v) is 6.62. The molecule has 6 heteroatoms. The monoisotopic (exact) mass is 379 g/mol. The molecule has 0 aliphatic carbocycles. The van der Waals surface area contributed by atoms with Gasteiger partial charge in [-0.1, -0.05) is 26.7 Å². The Morgan fingerprint density at radius 3 is 2.53 bits per heavy atom. The molecule has 0 unspecified atom stereocenters. The first kappa shape index (κ1) is 18.2. The van der Waals surface area contributed by atoms with E-state index in [4.69, 9.17) is 0 Å². The van der Waals surface area contributed by atoms with Crippen molar-refractivity contribution in [1.82, 2.24) is 20.4 Å². The van der Waals surface area contributed by atoms with Crippen molar-refractivity contribution < 1.29 is 0 Å². The molecule has 2 N–H and O–H groups in total. The first-order chi connectivity index (χ1) is 8.71. The van der Waals surface area contributed by atoms with E-state index < -0.39 is 0 Å². The van der Waals surface area contributed by atoms with Crippen LogP contribution in [-0.4, -0.2) is 29.3 Å². The molecule has 19 heavy (non-hydrogen) atoms. The third-order valence-electron chi connectivity index (χ3n) is 3.30. The molecule has 5 nitrogen and oxygen atoms in total. The summed E-state index contributed by atoms with van der Waals surface area (Å²) in [6.45, 7) is 6.15. The fraction of sp³-hybridized carbons (Fsp3) is 0.692. The summed E-state index contributed by atoms with van der Waals surface area (Å²) in [5, 5.41) is 10.8. The zero-order chi connectivity index (χ0) is 13.4. The van der Waals surface area contributed by atoms with Crippen molar-refractivity contribution in [3.8, 4) is 0 Å². The van der Waals surface area contributed by atoms with E-state index in [-0.39, 0.29) is 24.0 Å². The van der Waals surface area contributed by atoms with Crippen molar-refractivity contribution in [1.29, 1.82) is 0 Å². The van der Waals surface area contributed by atoms with Crippen LogP contribution in [0.25, 0.3) is 0 Å². The highest BCUT2D eigenvalue weighted by molar-refractivity contribution is 14.0. The molecule has 0 aliphatic rings. The van der Waals surface area contributed by atoms with Crippen molar-refractivity contribution in [3.63, 3.8) is 0 Å². The molecule has 1 rings (SSSR count). The summed E-state index contributed by atoms with van der Waals surface area (Å²) in [4.78, 5) is 4.22. The maximum Gasteiger partial charge on any atom is 0.191 e. The number of halogens is 1. The predicted molar refractivity (Wildman–Crippen MR) is 90.9 cm³/mol. The molecule has 0 radical (unpaired) electrons. The summed E-state index contributed by atoms with van der Waals surface area (Å²) < 4.78 is 1.86. The van der Waals surface area contributed by atoms with Crippen molar-refractivity contribution >= 4 is 29.9 Å². The van der Waals surface area contributed by atoms with Gasteiger partial charge in [0, 0.05) is 26.8 Å². The third-order valence-corrected chi connectivity index (χ3v) is 3.30. The van der Waals surface area contributed by atoms with Gasteiger partial charge in [0.05, 0.1) is 12.2 Å². The van der Waals surface area contributed by atoms with Gasteiger partial charge in [-0.25, -0.2) is 0 Å². The Morgan fingerprint density at radius 1 is 1.37 bits per heavy atom. The molecule has 0 aromatic carbocycles. The number of aromatic nitrogens is 2. The van der Waals surface area contributed by atoms with Crippen LogP contribution in [0, 0.1) is 5.92 Å². The van der Waals surface area contributed by atoms with Gasteiger partial charge in [-0.3, -0.25) is 9.67 Å². The second-order valence-electron chi connectivity index (χ2n) is 4.44. The maximum absolute atomic E-state index is 4.22. The largest absolute Gasteiger partial charge is 0.356 e. The summed E-state index contributed by atoms with van der Waals surface area (Å²) in [6.07, 6.45) is 4.20. The van der Waals surface area contributed by atoms with E-state index in [1.807, 2.05) is 17.8 Å². The minimum Gasteiger partial charge on any atom is -0.356 e. The molecule has 0 bridgehead atoms. The van der Waals surface area contributed by atoms with Crippen molar-refractivity contribution in [2.75, 3.05) is 13.6 Å². The number of guanidine groups is 1. The normalized spacial score (nSPS) is 11.3. The molecular weight excluding hydrogens is 353 g/mol. The number of aliphatic imine (C=N–C) groups is 1. The van der Waals surface area contributed by atoms with Crippen LogP contribution in [0.3, 0.4) is 0 Å². The topological polar surface area (TPSA) is 54.2 Å². The lowest BCUT2D eigenvalue weighted by Gasteiger charge is -2.16. The molecule has 0 saturated carbocycles. The van der Waals surface area contributed by atoms with Crippen molar-refractivity contribution in [2.45, 2.75) is 33.2 Å². The Balaban J connectivity index is 0.00000324. The molecule has 0 aliphatic heterocycles. The van der Waals surface area contributed by atoms with Crippen LogP contribution in [0.1, 0.15) is 32.4 Å². The molecule has 1 heterocycles. The Bertz CT molecular complexity index is 371. The Labute approximate surface area is 133 Å². The zero-order valence-electron chi connectivity index (χ0n) is 12.3. The number of hydrogen-bond acceptors (Lipinski definition) is 2. The molecule has 0 atom stereocenters. The van der Waals surface area contributed by atoms with Crippen LogP contribution in [-0.2, 0) is 13.6 Å². The molecule has 1 aromatic heterocycles. The standard InChI is InChI=1S/C13H25N5.HI/c1-5-11(6-2)9-15-13(14-3)16-10-12-7-8-17-18(12)4;/h7-8,11H,5-6,9-10H2,1-4H3,(H2,14,15,16);1H. The van der Waals surface area contributed by atoms with Crippen LogP contribution in [0.4, 0.5) is 0 Å². The number of aryl methyl sites for hydroxylation is 1. The molecule has 0 fully saturated rings. The quantitative estimate of drug-likeness (QED) is 0.453. The average Bonchev–Trinajstić information content (AvgIpc) is 2.80. The van der Waals surface area contributed by atoms with Gasteiger partial charge < -0.3 is 10.6 Å². The average molecular weight is 379 g/mol. The van der Waals surface area contributed by atoms with Gasteiger partial charge in [-0.2, -0.15) is 5.10 Å². The van der Waals surface area contributed by atoms with Crippen LogP contribution in [0.15, 0.2) is 17.3 Å². The smallest absolute Gasteiger partial charge is 0.191 e. The second kappa shape index (κ2) is 10.1. The Morgan fingerprint density at radius 2 is 2.05 bits per heavy atom. The third kappa shape index (κ3) is 6.26. The summed E-state index contributed by atoms with van der Waals surface area (Å²) >= 11 is 0. The van der Waals surface area contributed by atoms with Crippen LogP contribution in [0.5, 0.6) is 0 Å². The lowest BCUT2D eigenvalue weighted by Crippen LogP contribution is -2.39. The lowest BCUT2D eigenvalue weighted by molar-refractivity contribution is 0.481. The second-order valence-corrected chi connectivity index (χ2v) is 4.44. The van der Waals surface area contributed by atoms with Crippen LogP contribution >= 0.6 is 24.0 Å². The van der Waals surface area contributed by atoms with Crippen molar-refractivity contribution in [3.05, 3.63) is 18.0 Å². The molecule has 0 amide bonds. The van der Waals surface area contributed by atoms with Gasteiger partial charge in [-0.15, -0.1) is 24.0 Å². The fourth-order valence-electron chi connectivity index (χ4n) is 1.79. The van der Waals surface area contributed by atoms with Crippen molar-refractivity contribution in [2.24, 2.45) is 18.0 Å². The van der Waals surface area contributed by atoms with E-state index in [0.29, 0.717) is 5.92 Å². The van der Waals surface area contributed by atoms with Gasteiger partial charge in [-0.05, 0) is 12.0 Å². The van der Waals surface area contributed by atoms with Crippen LogP contribution < -0.4 is 10.6 Å². The molecular formula is C13H26IN5. The SMILES string of the molecule is CCC(CC)CNC(=NC)NCc1ccnn1C.I. The Hall–Kier alpha value is -0.790. The van der Waals surface area contributed by atoms with E-state index >= 15 is 0 Å². The number of nitrogens with zero attached hydrogens (tertiary/aromatic N) is 3. The maximum atomic E-state index is 4.22. The highest BCUT2D eigenvalue weighted by Gasteiger charge is 2.05. The van der Waals surface area contributed by atoms with E-state index in [0.717, 1.165) is 24.7 Å². The summed E-state index contributed by atoms with van der Waals surface area (Å²) in [5.41, 5.74) is 1.14. The predicted octanol–water partition coefficient (Wildman–Crippen LogP) is 2.14. The lowest BCUT2D eigenvalue weighted by atomic mass is 10.0. The number of rotatable bonds is 6. The number of hydrogen-bond donors (Lipinski definition) is 2. The fourth-order valence-corrected chi connectivity index (χ4v) is 1.79. The first-order valence-electron chi connectivity index (χ1n) is 6.62. The molecule has 0 saturated heterocycles. The summed E-state index contributed by atoms with van der Waals surface area (Å²) in [6, 6.07) is 2.00. The highest BCUT2D eigenvalue weighted by Crippen LogP contribution is 2.04. The van der Waals surface area contributed by atoms with Gasteiger partial charge in [0.15, 0.2) is 5.96 Å². The number of nitrogens with one attached hydrogen (secondary N) is 2. The van der Waals surface area contributed by atoms with Gasteiger partial charge in [0.2, 0.25) is 0 Å². The molecule has 1 aromatic rings. The van der Waals surface area contributed by atoms with E-state index in [9.17, 15) is 0 Å². The van der Waals surface area contributed by atoms with Gasteiger partial charge in [0.25, 0.3) is 0 Å². The summed E-state index contributed by atoms with van der Waals surface area (Å²) in [5.74, 6) is 1.56. The zero-order valence-corrected chi connectivity index (χ0v) is 14.6. The summed E-state index contributed by atoms with van der Waals surface area (Å²) in [7, 11) is 3.74. The van der Waals surface area contributed by atoms with E-state index in [1.165, 1.54) is 12.8 Å². The minimum atomic E-state index is 0. The Kier molecular flexibility index (Phi) is 9.63. The highest BCUT2D eigenvalue weighted by atomic mass is 127. The minimum absolute atomic E-state index is 0. The molecule has 0 spiro atoms. The van der Waals surface area contributed by atoms with Gasteiger partial charge >= 0.3 is 0 Å². The van der Waals surface area contributed by atoms with E-state index in [1.54, 1.807) is 13.2 Å². The van der Waals surface area contributed by atoms with E-state index in [2.05, 4.69) is 34.6 Å². The molecule has 110 valence electrons.